The van der Waals surface area contributed by atoms with Crippen molar-refractivity contribution in [1.82, 2.24) is 4.90 Å². The highest BCUT2D eigenvalue weighted by Crippen LogP contribution is 2.48. The average molecular weight is 377 g/mol. The Morgan fingerprint density at radius 1 is 1.33 bits per heavy atom. The topological polar surface area (TPSA) is 79.2 Å². The molecule has 1 aromatic rings. The molecule has 1 saturated carbocycles. The molecule has 3 atom stereocenters. The molecule has 1 aliphatic heterocycles. The Hall–Kier alpha value is -1.79. The minimum atomic E-state index is -0.601. The molecule has 3 rings (SSSR count). The van der Waals surface area contributed by atoms with Gasteiger partial charge >= 0.3 is 0 Å². The smallest absolute Gasteiger partial charge is 0.248 e. The number of carbonyl (C=O) groups is 1. The van der Waals surface area contributed by atoms with Crippen molar-refractivity contribution < 1.29 is 24.5 Å². The van der Waals surface area contributed by atoms with Crippen LogP contribution in [0.25, 0.3) is 0 Å². The number of methoxy groups -OCH3 is 1. The Labute approximate surface area is 161 Å². The minimum absolute atomic E-state index is 0.0576. The van der Waals surface area contributed by atoms with Crippen molar-refractivity contribution in [2.24, 2.45) is 10.8 Å². The van der Waals surface area contributed by atoms with Gasteiger partial charge in [0.2, 0.25) is 5.91 Å². The molecule has 6 nitrogen and oxygen atoms in total. The van der Waals surface area contributed by atoms with Crippen LogP contribution in [-0.2, 0) is 4.79 Å². The van der Waals surface area contributed by atoms with E-state index in [2.05, 4.69) is 6.92 Å². The van der Waals surface area contributed by atoms with E-state index in [1.807, 2.05) is 25.1 Å². The molecule has 2 N–H and O–H groups in total. The van der Waals surface area contributed by atoms with Crippen LogP contribution in [0.2, 0.25) is 0 Å². The zero-order chi connectivity index (χ0) is 19.8. The van der Waals surface area contributed by atoms with Crippen LogP contribution in [0.15, 0.2) is 18.2 Å². The van der Waals surface area contributed by atoms with Gasteiger partial charge in [-0.2, -0.15) is 0 Å². The van der Waals surface area contributed by atoms with Crippen LogP contribution in [-0.4, -0.2) is 60.5 Å². The van der Waals surface area contributed by atoms with Crippen LogP contribution in [0.1, 0.15) is 45.1 Å². The lowest BCUT2D eigenvalue weighted by Gasteiger charge is -2.33. The number of ether oxygens (including phenoxy) is 2. The molecule has 0 bridgehead atoms. The number of hydrogen-bond donors (Lipinski definition) is 2. The second-order valence-corrected chi connectivity index (χ2v) is 8.68. The number of aliphatic hydroxyl groups excluding tert-OH is 2. The van der Waals surface area contributed by atoms with Crippen LogP contribution in [0.4, 0.5) is 0 Å². The number of rotatable bonds is 7. The molecule has 0 radical (unpaired) electrons. The van der Waals surface area contributed by atoms with E-state index in [1.165, 1.54) is 12.8 Å². The first kappa shape index (κ1) is 20.0. The zero-order valence-electron chi connectivity index (χ0n) is 16.7. The summed E-state index contributed by atoms with van der Waals surface area (Å²) in [5.74, 6) is 1.01. The van der Waals surface area contributed by atoms with Crippen molar-refractivity contribution in [2.45, 2.75) is 45.6 Å². The first-order chi connectivity index (χ1) is 12.7. The van der Waals surface area contributed by atoms with E-state index in [0.717, 1.165) is 5.56 Å². The molecule has 0 unspecified atom stereocenters. The standard InChI is InChI=1S/C21H31NO5/c1-14(24)21(3)12-22(19(25)11-23)10-16(21)15-5-6-17(26-4)18(9-15)27-13-20(2)7-8-20/h5-6,9,14,16,23-24H,7-8,10-13H2,1-4H3/t14-,16+,21+/m1/s1. The summed E-state index contributed by atoms with van der Waals surface area (Å²) in [6.07, 6.45) is 1.75. The van der Waals surface area contributed by atoms with E-state index >= 15 is 0 Å². The second-order valence-electron chi connectivity index (χ2n) is 8.68. The van der Waals surface area contributed by atoms with Gasteiger partial charge in [0.1, 0.15) is 6.61 Å². The van der Waals surface area contributed by atoms with E-state index in [-0.39, 0.29) is 17.2 Å². The molecule has 1 heterocycles. The highest BCUT2D eigenvalue weighted by Gasteiger charge is 2.48. The van der Waals surface area contributed by atoms with Gasteiger partial charge in [0.25, 0.3) is 0 Å². The van der Waals surface area contributed by atoms with Gasteiger partial charge in [-0.05, 0) is 37.5 Å². The van der Waals surface area contributed by atoms with Crippen molar-refractivity contribution in [3.8, 4) is 11.5 Å². The third-order valence-corrected chi connectivity index (χ3v) is 6.44. The lowest BCUT2D eigenvalue weighted by molar-refractivity contribution is -0.133. The Bertz CT molecular complexity index is 700. The normalized spacial score (nSPS) is 27.3. The number of nitrogens with zero attached hydrogens (tertiary/aromatic N) is 1. The minimum Gasteiger partial charge on any atom is -0.493 e. The second kappa shape index (κ2) is 7.32. The van der Waals surface area contributed by atoms with E-state index in [0.29, 0.717) is 31.2 Å². The molecule has 2 aliphatic rings. The summed E-state index contributed by atoms with van der Waals surface area (Å²) in [7, 11) is 1.62. The van der Waals surface area contributed by atoms with E-state index in [9.17, 15) is 15.0 Å². The van der Waals surface area contributed by atoms with Crippen molar-refractivity contribution in [2.75, 3.05) is 33.4 Å². The molecule has 27 heavy (non-hydrogen) atoms. The Morgan fingerprint density at radius 3 is 2.59 bits per heavy atom. The molecule has 0 aromatic heterocycles. The summed E-state index contributed by atoms with van der Waals surface area (Å²) in [5.41, 5.74) is 0.759. The van der Waals surface area contributed by atoms with Crippen LogP contribution >= 0.6 is 0 Å². The molecule has 150 valence electrons. The number of benzene rings is 1. The van der Waals surface area contributed by atoms with Gasteiger partial charge in [-0.15, -0.1) is 0 Å². The van der Waals surface area contributed by atoms with Gasteiger partial charge in [-0.25, -0.2) is 0 Å². The fourth-order valence-corrected chi connectivity index (χ4v) is 3.85. The molecular formula is C21H31NO5. The summed E-state index contributed by atoms with van der Waals surface area (Å²) >= 11 is 0. The number of carbonyl (C=O) groups excluding carboxylic acids is 1. The largest absolute Gasteiger partial charge is 0.493 e. The van der Waals surface area contributed by atoms with Gasteiger partial charge in [0, 0.05) is 29.8 Å². The highest BCUT2D eigenvalue weighted by atomic mass is 16.5. The lowest BCUT2D eigenvalue weighted by Crippen LogP contribution is -2.38. The Kier molecular flexibility index (Phi) is 5.41. The van der Waals surface area contributed by atoms with Crippen molar-refractivity contribution in [3.05, 3.63) is 23.8 Å². The summed E-state index contributed by atoms with van der Waals surface area (Å²) < 4.78 is 11.5. The predicted octanol–water partition coefficient (Wildman–Crippen LogP) is 2.18. The third kappa shape index (κ3) is 3.92. The monoisotopic (exact) mass is 377 g/mol. The van der Waals surface area contributed by atoms with Gasteiger partial charge < -0.3 is 24.6 Å². The average Bonchev–Trinajstić information content (AvgIpc) is 3.28. The van der Waals surface area contributed by atoms with Crippen LogP contribution in [0.3, 0.4) is 0 Å². The third-order valence-electron chi connectivity index (χ3n) is 6.44. The summed E-state index contributed by atoms with van der Waals surface area (Å²) in [6, 6.07) is 5.84. The summed E-state index contributed by atoms with van der Waals surface area (Å²) in [6.45, 7) is 6.97. The zero-order valence-corrected chi connectivity index (χ0v) is 16.7. The Morgan fingerprint density at radius 2 is 2.04 bits per heavy atom. The number of hydrogen-bond acceptors (Lipinski definition) is 5. The van der Waals surface area contributed by atoms with Gasteiger partial charge in [-0.1, -0.05) is 19.9 Å². The molecule has 1 saturated heterocycles. The van der Waals surface area contributed by atoms with E-state index in [1.54, 1.807) is 18.9 Å². The Balaban J connectivity index is 1.89. The molecule has 1 aromatic carbocycles. The van der Waals surface area contributed by atoms with Crippen molar-refractivity contribution in [3.63, 3.8) is 0 Å². The first-order valence-electron chi connectivity index (χ1n) is 9.60. The fourth-order valence-electron chi connectivity index (χ4n) is 3.85. The maximum atomic E-state index is 12.0. The number of likely N-dealkylation sites (tertiary alicyclic amines) is 1. The summed E-state index contributed by atoms with van der Waals surface area (Å²) in [4.78, 5) is 13.7. The van der Waals surface area contributed by atoms with E-state index < -0.39 is 18.1 Å². The maximum absolute atomic E-state index is 12.0. The highest BCUT2D eigenvalue weighted by molar-refractivity contribution is 5.77. The number of amides is 1. The van der Waals surface area contributed by atoms with Gasteiger partial charge in [-0.3, -0.25) is 4.79 Å². The predicted molar refractivity (Wildman–Crippen MR) is 102 cm³/mol. The van der Waals surface area contributed by atoms with E-state index in [4.69, 9.17) is 9.47 Å². The van der Waals surface area contributed by atoms with Crippen molar-refractivity contribution >= 4 is 5.91 Å². The molecule has 0 spiro atoms. The molecule has 1 amide bonds. The lowest BCUT2D eigenvalue weighted by atomic mass is 9.72. The number of aliphatic hydroxyl groups is 2. The summed E-state index contributed by atoms with van der Waals surface area (Å²) in [5, 5.41) is 19.7. The molecule has 6 heteroatoms. The molecule has 2 fully saturated rings. The van der Waals surface area contributed by atoms with Gasteiger partial charge in [0.05, 0.1) is 19.8 Å². The quantitative estimate of drug-likeness (QED) is 0.761. The fraction of sp³-hybridized carbons (Fsp3) is 0.667. The van der Waals surface area contributed by atoms with Crippen LogP contribution < -0.4 is 9.47 Å². The maximum Gasteiger partial charge on any atom is 0.248 e. The van der Waals surface area contributed by atoms with Gasteiger partial charge in [0.15, 0.2) is 11.5 Å². The van der Waals surface area contributed by atoms with Crippen LogP contribution in [0.5, 0.6) is 11.5 Å². The molecule has 1 aliphatic carbocycles. The molecular weight excluding hydrogens is 346 g/mol. The van der Waals surface area contributed by atoms with Crippen LogP contribution in [0, 0.1) is 10.8 Å². The SMILES string of the molecule is COc1ccc([C@@H]2CN(C(=O)CO)C[C@@]2(C)[C@@H](C)O)cc1OCC1(C)CC1. The first-order valence-corrected chi connectivity index (χ1v) is 9.60. The van der Waals surface area contributed by atoms with Crippen molar-refractivity contribution in [1.29, 1.82) is 0 Å².